The zero-order valence-corrected chi connectivity index (χ0v) is 12.5. The van der Waals surface area contributed by atoms with E-state index in [-0.39, 0.29) is 18.2 Å². The Morgan fingerprint density at radius 1 is 1.14 bits per heavy atom. The molecule has 0 spiro atoms. The van der Waals surface area contributed by atoms with Gasteiger partial charge in [-0.25, -0.2) is 4.39 Å². The SMILES string of the molecule is Cl.Fc1ccc(-c2ccc(CNCC3CCCO3)o2)cc1. The van der Waals surface area contributed by atoms with E-state index in [2.05, 4.69) is 5.32 Å². The van der Waals surface area contributed by atoms with E-state index in [9.17, 15) is 4.39 Å². The van der Waals surface area contributed by atoms with Crippen LogP contribution in [0.1, 0.15) is 18.6 Å². The van der Waals surface area contributed by atoms with Gasteiger partial charge in [-0.1, -0.05) is 0 Å². The van der Waals surface area contributed by atoms with Crippen LogP contribution >= 0.6 is 12.4 Å². The van der Waals surface area contributed by atoms with Gasteiger partial charge >= 0.3 is 0 Å². The first-order valence-corrected chi connectivity index (χ1v) is 6.98. The van der Waals surface area contributed by atoms with Gasteiger partial charge in [-0.2, -0.15) is 0 Å². The predicted molar refractivity (Wildman–Crippen MR) is 82.0 cm³/mol. The fraction of sp³-hybridized carbons (Fsp3) is 0.375. The van der Waals surface area contributed by atoms with Crippen LogP contribution < -0.4 is 5.32 Å². The number of hydrogen-bond donors (Lipinski definition) is 1. The topological polar surface area (TPSA) is 34.4 Å². The molecule has 0 bridgehead atoms. The van der Waals surface area contributed by atoms with Gasteiger partial charge in [-0.15, -0.1) is 12.4 Å². The summed E-state index contributed by atoms with van der Waals surface area (Å²) in [6.45, 7) is 2.41. The Balaban J connectivity index is 0.00000161. The van der Waals surface area contributed by atoms with E-state index in [0.717, 1.165) is 43.1 Å². The van der Waals surface area contributed by atoms with Gasteiger partial charge in [-0.05, 0) is 49.2 Å². The fourth-order valence-electron chi connectivity index (χ4n) is 2.40. The molecule has 1 aliphatic rings. The van der Waals surface area contributed by atoms with E-state index in [1.165, 1.54) is 12.1 Å². The number of nitrogens with one attached hydrogen (secondary N) is 1. The summed E-state index contributed by atoms with van der Waals surface area (Å²) in [6, 6.07) is 10.2. The Hall–Kier alpha value is -1.36. The maximum absolute atomic E-state index is 12.9. The zero-order valence-electron chi connectivity index (χ0n) is 11.7. The molecule has 1 aliphatic heterocycles. The van der Waals surface area contributed by atoms with Gasteiger partial charge in [-0.3, -0.25) is 0 Å². The van der Waals surface area contributed by atoms with Gasteiger partial charge in [0.15, 0.2) is 0 Å². The molecular weight excluding hydrogens is 293 g/mol. The molecule has 114 valence electrons. The molecule has 0 saturated carbocycles. The highest BCUT2D eigenvalue weighted by molar-refractivity contribution is 5.85. The maximum atomic E-state index is 12.9. The Morgan fingerprint density at radius 3 is 2.67 bits per heavy atom. The van der Waals surface area contributed by atoms with E-state index < -0.39 is 0 Å². The van der Waals surface area contributed by atoms with Crippen molar-refractivity contribution in [1.82, 2.24) is 5.32 Å². The van der Waals surface area contributed by atoms with Crippen LogP contribution in [0.5, 0.6) is 0 Å². The summed E-state index contributed by atoms with van der Waals surface area (Å²) >= 11 is 0. The molecule has 0 aliphatic carbocycles. The van der Waals surface area contributed by atoms with Gasteiger partial charge in [0.1, 0.15) is 17.3 Å². The van der Waals surface area contributed by atoms with Crippen molar-refractivity contribution in [3.63, 3.8) is 0 Å². The second kappa shape index (κ2) is 7.59. The second-order valence-corrected chi connectivity index (χ2v) is 5.04. The minimum atomic E-state index is -0.237. The number of furan rings is 1. The molecular formula is C16H19ClFNO2. The van der Waals surface area contributed by atoms with Crippen LogP contribution in [-0.2, 0) is 11.3 Å². The fourth-order valence-corrected chi connectivity index (χ4v) is 2.40. The van der Waals surface area contributed by atoms with E-state index in [0.29, 0.717) is 12.6 Å². The number of hydrogen-bond acceptors (Lipinski definition) is 3. The average Bonchev–Trinajstić information content (AvgIpc) is 3.11. The molecule has 2 aromatic rings. The third-order valence-corrected chi connectivity index (χ3v) is 3.49. The largest absolute Gasteiger partial charge is 0.460 e. The monoisotopic (exact) mass is 311 g/mol. The van der Waals surface area contributed by atoms with Crippen LogP contribution in [0.4, 0.5) is 4.39 Å². The molecule has 5 heteroatoms. The maximum Gasteiger partial charge on any atom is 0.134 e. The van der Waals surface area contributed by atoms with E-state index in [1.807, 2.05) is 12.1 Å². The van der Waals surface area contributed by atoms with E-state index in [4.69, 9.17) is 9.15 Å². The summed E-state index contributed by atoms with van der Waals surface area (Å²) in [6.07, 6.45) is 2.62. The average molecular weight is 312 g/mol. The number of rotatable bonds is 5. The summed E-state index contributed by atoms with van der Waals surface area (Å²) < 4.78 is 24.2. The molecule has 1 fully saturated rings. The highest BCUT2D eigenvalue weighted by Gasteiger charge is 2.14. The number of benzene rings is 1. The second-order valence-electron chi connectivity index (χ2n) is 5.04. The predicted octanol–water partition coefficient (Wildman–Crippen LogP) is 3.78. The molecule has 1 atom stereocenters. The smallest absolute Gasteiger partial charge is 0.134 e. The van der Waals surface area contributed by atoms with Gasteiger partial charge in [0.05, 0.1) is 12.6 Å². The van der Waals surface area contributed by atoms with Crippen LogP contribution in [0.15, 0.2) is 40.8 Å². The molecule has 1 aromatic carbocycles. The van der Waals surface area contributed by atoms with Crippen molar-refractivity contribution in [2.24, 2.45) is 0 Å². The van der Waals surface area contributed by atoms with Crippen LogP contribution in [0.25, 0.3) is 11.3 Å². The molecule has 3 rings (SSSR count). The first-order valence-electron chi connectivity index (χ1n) is 6.98. The van der Waals surface area contributed by atoms with Crippen molar-refractivity contribution < 1.29 is 13.5 Å². The zero-order chi connectivity index (χ0) is 13.8. The van der Waals surface area contributed by atoms with Crippen molar-refractivity contribution in [3.05, 3.63) is 48.0 Å². The van der Waals surface area contributed by atoms with Crippen molar-refractivity contribution in [1.29, 1.82) is 0 Å². The molecule has 21 heavy (non-hydrogen) atoms. The molecule has 0 radical (unpaired) electrons. The summed E-state index contributed by atoms with van der Waals surface area (Å²) in [4.78, 5) is 0. The first kappa shape index (κ1) is 16.0. The van der Waals surface area contributed by atoms with Gasteiger partial charge in [0.25, 0.3) is 0 Å². The van der Waals surface area contributed by atoms with Crippen LogP contribution in [0.2, 0.25) is 0 Å². The third kappa shape index (κ3) is 4.30. The molecule has 3 nitrogen and oxygen atoms in total. The van der Waals surface area contributed by atoms with Crippen LogP contribution in [0, 0.1) is 5.82 Å². The summed E-state index contributed by atoms with van der Waals surface area (Å²) in [7, 11) is 0. The molecule has 1 unspecified atom stereocenters. The minimum Gasteiger partial charge on any atom is -0.460 e. The molecule has 1 aromatic heterocycles. The lowest BCUT2D eigenvalue weighted by Crippen LogP contribution is -2.25. The van der Waals surface area contributed by atoms with E-state index >= 15 is 0 Å². The first-order chi connectivity index (χ1) is 9.81. The number of halogens is 2. The molecule has 1 N–H and O–H groups in total. The van der Waals surface area contributed by atoms with Crippen molar-refractivity contribution in [2.75, 3.05) is 13.2 Å². The van der Waals surface area contributed by atoms with Crippen molar-refractivity contribution in [3.8, 4) is 11.3 Å². The van der Waals surface area contributed by atoms with Crippen LogP contribution in [0.3, 0.4) is 0 Å². The molecule has 0 amide bonds. The molecule has 1 saturated heterocycles. The Kier molecular flexibility index (Phi) is 5.79. The number of ether oxygens (including phenoxy) is 1. The van der Waals surface area contributed by atoms with Gasteiger partial charge in [0, 0.05) is 18.7 Å². The van der Waals surface area contributed by atoms with Crippen molar-refractivity contribution in [2.45, 2.75) is 25.5 Å². The normalized spacial score (nSPS) is 17.7. The van der Waals surface area contributed by atoms with Crippen molar-refractivity contribution >= 4 is 12.4 Å². The Morgan fingerprint density at radius 2 is 1.95 bits per heavy atom. The highest BCUT2D eigenvalue weighted by atomic mass is 35.5. The molecule has 2 heterocycles. The summed E-state index contributed by atoms with van der Waals surface area (Å²) in [5.74, 6) is 1.40. The van der Waals surface area contributed by atoms with Gasteiger partial charge < -0.3 is 14.5 Å². The summed E-state index contributed by atoms with van der Waals surface area (Å²) in [5, 5.41) is 3.34. The van der Waals surface area contributed by atoms with Gasteiger partial charge in [0.2, 0.25) is 0 Å². The summed E-state index contributed by atoms with van der Waals surface area (Å²) in [5.41, 5.74) is 0.886. The standard InChI is InChI=1S/C16H18FNO2.ClH/c17-13-5-3-12(4-6-13)16-8-7-15(20-16)11-18-10-14-2-1-9-19-14;/h3-8,14,18H,1-2,9-11H2;1H. The Labute approximate surface area is 129 Å². The third-order valence-electron chi connectivity index (χ3n) is 3.49. The lowest BCUT2D eigenvalue weighted by Gasteiger charge is -2.09. The van der Waals surface area contributed by atoms with Crippen LogP contribution in [-0.4, -0.2) is 19.3 Å². The van der Waals surface area contributed by atoms with E-state index in [1.54, 1.807) is 12.1 Å². The quantitative estimate of drug-likeness (QED) is 0.912. The highest BCUT2D eigenvalue weighted by Crippen LogP contribution is 2.22. The minimum absolute atomic E-state index is 0. The Bertz CT molecular complexity index is 550. The lowest BCUT2D eigenvalue weighted by atomic mass is 10.2. The lowest BCUT2D eigenvalue weighted by molar-refractivity contribution is 0.109.